The Morgan fingerprint density at radius 3 is 2.84 bits per heavy atom. The lowest BCUT2D eigenvalue weighted by atomic mass is 10.1. The van der Waals surface area contributed by atoms with Gasteiger partial charge in [-0.15, -0.1) is 10.6 Å². The van der Waals surface area contributed by atoms with E-state index in [1.165, 1.54) is 0 Å². The Balaban J connectivity index is 1.19. The van der Waals surface area contributed by atoms with Crippen molar-refractivity contribution in [1.29, 1.82) is 0 Å². The summed E-state index contributed by atoms with van der Waals surface area (Å²) in [4.78, 5) is 26.8. The lowest BCUT2D eigenvalue weighted by Gasteiger charge is -2.22. The second-order valence-corrected chi connectivity index (χ2v) is 10.7. The van der Waals surface area contributed by atoms with Crippen LogP contribution in [0.2, 0.25) is 0 Å². The number of fused-ring (bicyclic) bond motifs is 3. The molecule has 0 aliphatic carbocycles. The lowest BCUT2D eigenvalue weighted by molar-refractivity contribution is -0.0370. The van der Waals surface area contributed by atoms with Crippen molar-refractivity contribution in [3.05, 3.63) is 61.2 Å². The third-order valence-electron chi connectivity index (χ3n) is 7.84. The van der Waals surface area contributed by atoms with E-state index in [-0.39, 0.29) is 6.23 Å². The van der Waals surface area contributed by atoms with Gasteiger partial charge < -0.3 is 29.1 Å². The summed E-state index contributed by atoms with van der Waals surface area (Å²) >= 11 is 0. The zero-order valence-electron chi connectivity index (χ0n) is 24.1. The summed E-state index contributed by atoms with van der Waals surface area (Å²) in [5.74, 6) is 1.84. The van der Waals surface area contributed by atoms with Crippen LogP contribution in [0, 0.1) is 0 Å². The van der Waals surface area contributed by atoms with E-state index < -0.39 is 18.3 Å². The van der Waals surface area contributed by atoms with Gasteiger partial charge in [0.25, 0.3) is 0 Å². The monoisotopic (exact) mass is 600 g/mol. The first-order valence-corrected chi connectivity index (χ1v) is 14.7. The van der Waals surface area contributed by atoms with Crippen molar-refractivity contribution in [3.8, 4) is 22.8 Å². The minimum Gasteiger partial charge on any atom is -0.492 e. The molecule has 0 bridgehead atoms. The molecule has 5 aromatic rings. The van der Waals surface area contributed by atoms with Gasteiger partial charge in [0.15, 0.2) is 11.9 Å². The number of rotatable bonds is 9. The van der Waals surface area contributed by atoms with E-state index >= 15 is 0 Å². The van der Waals surface area contributed by atoms with E-state index in [9.17, 15) is 4.79 Å². The SMILES string of the molecule is CCOc1cc(-c2ccc(N3C[C@H](NOC(=O)O)[C@@H](Oc4ccccn4)C3)nc2)c2c3cnn(C4CCCCO4)c3nn2c1. The number of anilines is 1. The van der Waals surface area contributed by atoms with E-state index in [1.54, 1.807) is 18.3 Å². The molecule has 5 aromatic heterocycles. The number of ether oxygens (including phenoxy) is 3. The Hall–Kier alpha value is -4.95. The van der Waals surface area contributed by atoms with Crippen LogP contribution in [0.25, 0.3) is 27.7 Å². The van der Waals surface area contributed by atoms with Gasteiger partial charge in [0.05, 0.1) is 42.5 Å². The van der Waals surface area contributed by atoms with Gasteiger partial charge >= 0.3 is 6.16 Å². The number of carbonyl (C=O) groups is 1. The van der Waals surface area contributed by atoms with Crippen LogP contribution in [0.4, 0.5) is 10.6 Å². The van der Waals surface area contributed by atoms with Gasteiger partial charge in [0, 0.05) is 42.7 Å². The Morgan fingerprint density at radius 1 is 1.16 bits per heavy atom. The molecule has 3 atom stereocenters. The minimum absolute atomic E-state index is 0.132. The van der Waals surface area contributed by atoms with E-state index in [2.05, 4.69) is 20.4 Å². The molecule has 7 rings (SSSR count). The normalized spacial score (nSPS) is 20.3. The first-order valence-electron chi connectivity index (χ1n) is 14.7. The second kappa shape index (κ2) is 12.0. The molecule has 2 fully saturated rings. The molecular formula is C30H32N8O6. The predicted octanol–water partition coefficient (Wildman–Crippen LogP) is 4.07. The fourth-order valence-corrected chi connectivity index (χ4v) is 5.85. The smallest absolute Gasteiger partial charge is 0.492 e. The number of hydrogen-bond acceptors (Lipinski definition) is 11. The van der Waals surface area contributed by atoms with Crippen molar-refractivity contribution >= 4 is 28.5 Å². The Labute approximate surface area is 252 Å². The van der Waals surface area contributed by atoms with Crippen LogP contribution in [0.1, 0.15) is 32.4 Å². The second-order valence-electron chi connectivity index (χ2n) is 10.7. The summed E-state index contributed by atoms with van der Waals surface area (Å²) in [6, 6.07) is 10.9. The van der Waals surface area contributed by atoms with Gasteiger partial charge in [-0.05, 0) is 50.5 Å². The Morgan fingerprint density at radius 2 is 2.09 bits per heavy atom. The predicted molar refractivity (Wildman–Crippen MR) is 159 cm³/mol. The van der Waals surface area contributed by atoms with Gasteiger partial charge in [-0.25, -0.2) is 24.0 Å². The number of aromatic nitrogens is 6. The molecule has 0 amide bonds. The average Bonchev–Trinajstić information content (AvgIpc) is 3.74. The quantitative estimate of drug-likeness (QED) is 0.235. The van der Waals surface area contributed by atoms with E-state index in [0.29, 0.717) is 43.8 Å². The van der Waals surface area contributed by atoms with Crippen LogP contribution in [0.3, 0.4) is 0 Å². The summed E-state index contributed by atoms with van der Waals surface area (Å²) in [6.07, 6.45) is 8.24. The number of hydroxylamine groups is 1. The van der Waals surface area contributed by atoms with Crippen molar-refractivity contribution in [2.24, 2.45) is 0 Å². The van der Waals surface area contributed by atoms with Gasteiger partial charge in [0.2, 0.25) is 5.88 Å². The van der Waals surface area contributed by atoms with E-state index in [1.807, 2.05) is 63.9 Å². The molecule has 2 saturated heterocycles. The fourth-order valence-electron chi connectivity index (χ4n) is 5.85. The van der Waals surface area contributed by atoms with E-state index in [0.717, 1.165) is 46.9 Å². The molecule has 7 heterocycles. The lowest BCUT2D eigenvalue weighted by Crippen LogP contribution is -2.43. The molecule has 0 aromatic carbocycles. The fraction of sp³-hybridized carbons (Fsp3) is 0.367. The maximum absolute atomic E-state index is 11.1. The van der Waals surface area contributed by atoms with Crippen LogP contribution < -0.4 is 19.9 Å². The molecule has 2 N–H and O–H groups in total. The highest BCUT2D eigenvalue weighted by Crippen LogP contribution is 2.36. The van der Waals surface area contributed by atoms with Crippen LogP contribution in [0.15, 0.2) is 61.2 Å². The van der Waals surface area contributed by atoms with Gasteiger partial charge in [-0.1, -0.05) is 6.07 Å². The first-order chi connectivity index (χ1) is 21.6. The summed E-state index contributed by atoms with van der Waals surface area (Å²) in [5.41, 5.74) is 6.06. The van der Waals surface area contributed by atoms with Crippen molar-refractivity contribution in [2.45, 2.75) is 44.6 Å². The number of nitrogens with zero attached hydrogens (tertiary/aromatic N) is 7. The minimum atomic E-state index is -1.42. The van der Waals surface area contributed by atoms with Gasteiger partial charge in [-0.3, -0.25) is 0 Å². The summed E-state index contributed by atoms with van der Waals surface area (Å²) < 4.78 is 21.7. The summed E-state index contributed by atoms with van der Waals surface area (Å²) in [7, 11) is 0. The number of pyridine rings is 3. The average molecular weight is 601 g/mol. The molecule has 0 spiro atoms. The van der Waals surface area contributed by atoms with Crippen LogP contribution >= 0.6 is 0 Å². The highest BCUT2D eigenvalue weighted by molar-refractivity contribution is 6.01. The largest absolute Gasteiger partial charge is 0.525 e. The molecule has 1 unspecified atom stereocenters. The zero-order chi connectivity index (χ0) is 30.0. The van der Waals surface area contributed by atoms with Crippen LogP contribution in [0.5, 0.6) is 11.6 Å². The molecule has 228 valence electrons. The van der Waals surface area contributed by atoms with Crippen molar-refractivity contribution in [1.82, 2.24) is 34.8 Å². The standard InChI is InChI=1S/C30H32N8O6/c1-2-41-20-13-21(28-22-15-33-38(27-8-4-6-12-42-27)29(22)34-37(28)16-20)19-9-10-25(32-14-19)36-17-23(35-44-30(39)40)24(18-36)43-26-7-3-5-11-31-26/h3,5,7,9-11,13-16,23-24,27,35H,2,4,6,8,12,17-18H2,1H3,(H,39,40)/t23-,24-,27?/m0/s1. The highest BCUT2D eigenvalue weighted by Gasteiger charge is 2.36. The number of hydrogen-bond donors (Lipinski definition) is 2. The first kappa shape index (κ1) is 27.9. The molecule has 14 nitrogen and oxygen atoms in total. The van der Waals surface area contributed by atoms with Crippen molar-refractivity contribution in [3.63, 3.8) is 0 Å². The third-order valence-corrected chi connectivity index (χ3v) is 7.84. The number of carboxylic acid groups (broad SMARTS) is 1. The Kier molecular flexibility index (Phi) is 7.58. The molecule has 0 saturated carbocycles. The molecule has 2 aliphatic heterocycles. The van der Waals surface area contributed by atoms with Gasteiger partial charge in [-0.2, -0.15) is 5.10 Å². The molecular weight excluding hydrogens is 568 g/mol. The zero-order valence-corrected chi connectivity index (χ0v) is 24.1. The summed E-state index contributed by atoms with van der Waals surface area (Å²) in [5, 5.41) is 19.5. The number of nitrogens with one attached hydrogen (secondary N) is 1. The topological polar surface area (TPSA) is 150 Å². The molecule has 2 aliphatic rings. The van der Waals surface area contributed by atoms with E-state index in [4.69, 9.17) is 29.4 Å². The van der Waals surface area contributed by atoms with Gasteiger partial charge in [0.1, 0.15) is 17.7 Å². The van der Waals surface area contributed by atoms with Crippen molar-refractivity contribution in [2.75, 3.05) is 31.2 Å². The maximum atomic E-state index is 11.1. The summed E-state index contributed by atoms with van der Waals surface area (Å²) in [6.45, 7) is 4.03. The Bertz CT molecular complexity index is 1750. The molecule has 14 heteroatoms. The highest BCUT2D eigenvalue weighted by atomic mass is 16.8. The van der Waals surface area contributed by atoms with Crippen molar-refractivity contribution < 1.29 is 28.9 Å². The van der Waals surface area contributed by atoms with Crippen LogP contribution in [-0.4, -0.2) is 79.1 Å². The van der Waals surface area contributed by atoms with Crippen LogP contribution in [-0.2, 0) is 9.57 Å². The molecule has 0 radical (unpaired) electrons. The maximum Gasteiger partial charge on any atom is 0.525 e. The third kappa shape index (κ3) is 5.44. The molecule has 44 heavy (non-hydrogen) atoms.